The standard InChI is InChI=1S/C15H22N2O3S.ClH/c1-11(17-15(18)14-5-3-4-10-16-14)12-6-8-13(9-7-12)21(2,19)20;/h6-9,11,14,16H,3-5,10H2,1-2H3,(H,17,18);1H. The fourth-order valence-corrected chi connectivity index (χ4v) is 3.11. The van der Waals surface area contributed by atoms with E-state index >= 15 is 0 Å². The molecular weight excluding hydrogens is 324 g/mol. The molecule has 0 radical (unpaired) electrons. The monoisotopic (exact) mass is 346 g/mol. The molecule has 0 bridgehead atoms. The summed E-state index contributed by atoms with van der Waals surface area (Å²) >= 11 is 0. The van der Waals surface area contributed by atoms with Crippen molar-refractivity contribution in [3.63, 3.8) is 0 Å². The number of hydrogen-bond donors (Lipinski definition) is 2. The molecule has 1 aliphatic rings. The molecule has 124 valence electrons. The highest BCUT2D eigenvalue weighted by molar-refractivity contribution is 7.90. The first-order chi connectivity index (χ1) is 9.88. The van der Waals surface area contributed by atoms with Crippen molar-refractivity contribution in [2.75, 3.05) is 12.8 Å². The zero-order valence-electron chi connectivity index (χ0n) is 12.8. The lowest BCUT2D eigenvalue weighted by Crippen LogP contribution is -2.47. The average Bonchev–Trinajstić information content (AvgIpc) is 2.47. The van der Waals surface area contributed by atoms with Crippen LogP contribution in [0.4, 0.5) is 0 Å². The number of piperidine rings is 1. The topological polar surface area (TPSA) is 75.3 Å². The number of hydrogen-bond acceptors (Lipinski definition) is 4. The molecule has 0 aromatic heterocycles. The molecule has 1 aromatic rings. The molecule has 22 heavy (non-hydrogen) atoms. The Bertz CT molecular complexity index is 596. The summed E-state index contributed by atoms with van der Waals surface area (Å²) < 4.78 is 22.8. The first-order valence-electron chi connectivity index (χ1n) is 7.22. The van der Waals surface area contributed by atoms with Crippen molar-refractivity contribution in [3.8, 4) is 0 Å². The van der Waals surface area contributed by atoms with Crippen molar-refractivity contribution >= 4 is 28.2 Å². The van der Waals surface area contributed by atoms with Crippen LogP contribution in [-0.2, 0) is 14.6 Å². The van der Waals surface area contributed by atoms with Crippen molar-refractivity contribution in [1.29, 1.82) is 0 Å². The summed E-state index contributed by atoms with van der Waals surface area (Å²) in [4.78, 5) is 12.4. The largest absolute Gasteiger partial charge is 0.348 e. The maximum Gasteiger partial charge on any atom is 0.237 e. The molecule has 1 saturated heterocycles. The van der Waals surface area contributed by atoms with Gasteiger partial charge in [0, 0.05) is 6.26 Å². The number of carbonyl (C=O) groups is 1. The Morgan fingerprint density at radius 2 is 1.91 bits per heavy atom. The van der Waals surface area contributed by atoms with Crippen molar-refractivity contribution in [2.45, 2.75) is 43.2 Å². The van der Waals surface area contributed by atoms with Gasteiger partial charge in [-0.3, -0.25) is 4.79 Å². The molecule has 0 spiro atoms. The summed E-state index contributed by atoms with van der Waals surface area (Å²) in [6.07, 6.45) is 4.24. The van der Waals surface area contributed by atoms with Crippen LogP contribution in [0.3, 0.4) is 0 Å². The summed E-state index contributed by atoms with van der Waals surface area (Å²) in [5.74, 6) is 0.00869. The minimum atomic E-state index is -3.18. The normalized spacial score (nSPS) is 19.8. The van der Waals surface area contributed by atoms with Crippen LogP contribution in [0, 0.1) is 0 Å². The van der Waals surface area contributed by atoms with Gasteiger partial charge in [-0.25, -0.2) is 8.42 Å². The van der Waals surface area contributed by atoms with Crippen molar-refractivity contribution < 1.29 is 13.2 Å². The lowest BCUT2D eigenvalue weighted by atomic mass is 10.0. The van der Waals surface area contributed by atoms with E-state index in [9.17, 15) is 13.2 Å². The van der Waals surface area contributed by atoms with E-state index in [1.165, 1.54) is 6.26 Å². The third-order valence-electron chi connectivity index (χ3n) is 3.79. The van der Waals surface area contributed by atoms with E-state index < -0.39 is 9.84 Å². The quantitative estimate of drug-likeness (QED) is 0.872. The van der Waals surface area contributed by atoms with Crippen molar-refractivity contribution in [3.05, 3.63) is 29.8 Å². The molecule has 2 unspecified atom stereocenters. The van der Waals surface area contributed by atoms with Gasteiger partial charge in [0.2, 0.25) is 5.91 Å². The molecule has 1 amide bonds. The summed E-state index contributed by atoms with van der Waals surface area (Å²) in [5, 5.41) is 6.19. The van der Waals surface area contributed by atoms with Crippen LogP contribution in [0.2, 0.25) is 0 Å². The Hall–Kier alpha value is -1.11. The molecule has 7 heteroatoms. The lowest BCUT2D eigenvalue weighted by molar-refractivity contribution is -0.124. The molecule has 2 N–H and O–H groups in total. The van der Waals surface area contributed by atoms with Gasteiger partial charge in [0.05, 0.1) is 17.0 Å². The highest BCUT2D eigenvalue weighted by Crippen LogP contribution is 2.17. The van der Waals surface area contributed by atoms with E-state index in [0.29, 0.717) is 4.90 Å². The minimum Gasteiger partial charge on any atom is -0.348 e. The smallest absolute Gasteiger partial charge is 0.237 e. The van der Waals surface area contributed by atoms with Gasteiger partial charge in [0.15, 0.2) is 9.84 Å². The number of sulfone groups is 1. The first-order valence-corrected chi connectivity index (χ1v) is 9.11. The van der Waals surface area contributed by atoms with E-state index in [-0.39, 0.29) is 30.4 Å². The third kappa shape index (κ3) is 4.97. The second-order valence-corrected chi connectivity index (χ2v) is 7.59. The van der Waals surface area contributed by atoms with E-state index in [4.69, 9.17) is 0 Å². The SMILES string of the molecule is CC(NC(=O)C1CCCCN1)c1ccc(S(C)(=O)=O)cc1.Cl. The first kappa shape index (κ1) is 18.9. The van der Waals surface area contributed by atoms with Crippen LogP contribution in [0.25, 0.3) is 0 Å². The predicted octanol–water partition coefficient (Wildman–Crippen LogP) is 1.83. The Morgan fingerprint density at radius 1 is 1.27 bits per heavy atom. The molecule has 5 nitrogen and oxygen atoms in total. The highest BCUT2D eigenvalue weighted by Gasteiger charge is 2.22. The third-order valence-corrected chi connectivity index (χ3v) is 4.92. The number of benzene rings is 1. The van der Waals surface area contributed by atoms with E-state index in [2.05, 4.69) is 10.6 Å². The summed E-state index contributed by atoms with van der Waals surface area (Å²) in [5.41, 5.74) is 0.895. The van der Waals surface area contributed by atoms with Gasteiger partial charge in [-0.05, 0) is 44.0 Å². The van der Waals surface area contributed by atoms with Gasteiger partial charge >= 0.3 is 0 Å². The highest BCUT2D eigenvalue weighted by atomic mass is 35.5. The number of nitrogens with one attached hydrogen (secondary N) is 2. The maximum absolute atomic E-state index is 12.1. The molecule has 2 rings (SSSR count). The molecule has 1 aliphatic heterocycles. The Balaban J connectivity index is 0.00000242. The second-order valence-electron chi connectivity index (χ2n) is 5.57. The van der Waals surface area contributed by atoms with E-state index in [0.717, 1.165) is 31.4 Å². The predicted molar refractivity (Wildman–Crippen MR) is 89.0 cm³/mol. The average molecular weight is 347 g/mol. The van der Waals surface area contributed by atoms with Crippen LogP contribution in [0.5, 0.6) is 0 Å². The Kier molecular flexibility index (Phi) is 6.84. The molecule has 0 aliphatic carbocycles. The van der Waals surface area contributed by atoms with E-state index in [1.807, 2.05) is 6.92 Å². The van der Waals surface area contributed by atoms with Crippen molar-refractivity contribution in [2.24, 2.45) is 0 Å². The van der Waals surface area contributed by atoms with Gasteiger partial charge in [-0.1, -0.05) is 18.6 Å². The van der Waals surface area contributed by atoms with Gasteiger partial charge in [0.25, 0.3) is 0 Å². The summed E-state index contributed by atoms with van der Waals surface area (Å²) in [6, 6.07) is 6.38. The molecule has 2 atom stereocenters. The zero-order chi connectivity index (χ0) is 15.5. The Labute approximate surface area is 138 Å². The van der Waals surface area contributed by atoms with Crippen LogP contribution in [0.1, 0.15) is 37.8 Å². The lowest BCUT2D eigenvalue weighted by Gasteiger charge is -2.24. The molecule has 0 saturated carbocycles. The van der Waals surface area contributed by atoms with Gasteiger partial charge in [0.1, 0.15) is 0 Å². The number of carbonyl (C=O) groups excluding carboxylic acids is 1. The fraction of sp³-hybridized carbons (Fsp3) is 0.533. The summed E-state index contributed by atoms with van der Waals surface area (Å²) in [6.45, 7) is 2.78. The van der Waals surface area contributed by atoms with Gasteiger partial charge in [-0.2, -0.15) is 0 Å². The van der Waals surface area contributed by atoms with E-state index in [1.54, 1.807) is 24.3 Å². The van der Waals surface area contributed by atoms with Crippen molar-refractivity contribution in [1.82, 2.24) is 10.6 Å². The maximum atomic E-state index is 12.1. The van der Waals surface area contributed by atoms with Crippen LogP contribution in [0.15, 0.2) is 29.2 Å². The Morgan fingerprint density at radius 3 is 2.41 bits per heavy atom. The van der Waals surface area contributed by atoms with Crippen LogP contribution >= 0.6 is 12.4 Å². The molecular formula is C15H23ClN2O3S. The molecule has 1 fully saturated rings. The summed E-state index contributed by atoms with van der Waals surface area (Å²) in [7, 11) is -3.18. The zero-order valence-corrected chi connectivity index (χ0v) is 14.5. The molecule has 1 heterocycles. The van der Waals surface area contributed by atoms with Gasteiger partial charge < -0.3 is 10.6 Å². The number of halogens is 1. The number of rotatable bonds is 4. The second kappa shape index (κ2) is 7.94. The van der Waals surface area contributed by atoms with Crippen LogP contribution in [-0.4, -0.2) is 33.2 Å². The minimum absolute atomic E-state index is 0. The van der Waals surface area contributed by atoms with Crippen LogP contribution < -0.4 is 10.6 Å². The fourth-order valence-electron chi connectivity index (χ4n) is 2.48. The van der Waals surface area contributed by atoms with Gasteiger partial charge in [-0.15, -0.1) is 12.4 Å². The molecule has 1 aromatic carbocycles. The number of amides is 1.